The van der Waals surface area contributed by atoms with Crippen LogP contribution in [0.3, 0.4) is 0 Å². The summed E-state index contributed by atoms with van der Waals surface area (Å²) in [6, 6.07) is 4.41. The maximum atomic E-state index is 13.9. The van der Waals surface area contributed by atoms with Crippen LogP contribution < -0.4 is 4.90 Å². The zero-order valence-corrected chi connectivity index (χ0v) is 18.7. The summed E-state index contributed by atoms with van der Waals surface area (Å²) >= 11 is 0. The molecule has 2 aromatic carbocycles. The summed E-state index contributed by atoms with van der Waals surface area (Å²) in [7, 11) is 0. The van der Waals surface area contributed by atoms with Crippen molar-refractivity contribution in [1.29, 1.82) is 5.26 Å². The van der Waals surface area contributed by atoms with Crippen LogP contribution in [0.15, 0.2) is 40.9 Å². The number of halogens is 11. The average Bonchev–Trinajstić information content (AvgIpc) is 3.24. The van der Waals surface area contributed by atoms with Crippen molar-refractivity contribution in [3.8, 4) is 17.5 Å². The van der Waals surface area contributed by atoms with Crippen LogP contribution in [0.1, 0.15) is 35.1 Å². The van der Waals surface area contributed by atoms with Gasteiger partial charge in [-0.15, -0.1) is 0 Å². The lowest BCUT2D eigenvalue weighted by molar-refractivity contribution is -0.143. The van der Waals surface area contributed by atoms with E-state index in [4.69, 9.17) is 9.78 Å². The number of alkyl halides is 11. The first-order valence-corrected chi connectivity index (χ1v) is 10.1. The Morgan fingerprint density at radius 3 is 1.92 bits per heavy atom. The Labute approximate surface area is 206 Å². The molecule has 16 heteroatoms. The van der Waals surface area contributed by atoms with Gasteiger partial charge < -0.3 is 9.42 Å². The van der Waals surface area contributed by atoms with Gasteiger partial charge in [-0.2, -0.15) is 49.8 Å². The molecule has 0 fully saturated rings. The SMILES string of the molecule is CC(F)(F)c1cc(N(Cc2nc(-c3cc(C(F)(F)F)cc(C(F)(F)F)c3)no2)CC(F)(F)F)ccc1C#N. The molecule has 0 aliphatic heterocycles. The second kappa shape index (κ2) is 9.76. The highest BCUT2D eigenvalue weighted by Crippen LogP contribution is 2.38. The van der Waals surface area contributed by atoms with Gasteiger partial charge in [-0.3, -0.25) is 0 Å². The molecule has 0 N–H and O–H groups in total. The molecule has 0 saturated heterocycles. The summed E-state index contributed by atoms with van der Waals surface area (Å²) in [5, 5.41) is 12.3. The number of aromatic nitrogens is 2. The molecule has 3 rings (SSSR count). The number of nitrogens with zero attached hydrogens (tertiary/aromatic N) is 4. The number of benzene rings is 2. The fourth-order valence-electron chi connectivity index (χ4n) is 3.33. The Balaban J connectivity index is 2.03. The zero-order valence-electron chi connectivity index (χ0n) is 18.7. The summed E-state index contributed by atoms with van der Waals surface area (Å²) in [5.74, 6) is -5.07. The minimum absolute atomic E-state index is 0.137. The number of hydrogen-bond acceptors (Lipinski definition) is 5. The van der Waals surface area contributed by atoms with Crippen molar-refractivity contribution in [2.75, 3.05) is 11.4 Å². The minimum atomic E-state index is -5.18. The van der Waals surface area contributed by atoms with E-state index in [1.807, 2.05) is 0 Å². The fraction of sp³-hybridized carbons (Fsp3) is 0.318. The third-order valence-electron chi connectivity index (χ3n) is 4.97. The van der Waals surface area contributed by atoms with Gasteiger partial charge in [0.25, 0.3) is 5.92 Å². The summed E-state index contributed by atoms with van der Waals surface area (Å²) in [4.78, 5) is 4.06. The first-order chi connectivity index (χ1) is 17.3. The van der Waals surface area contributed by atoms with E-state index < -0.39 is 82.8 Å². The van der Waals surface area contributed by atoms with E-state index in [0.717, 1.165) is 12.1 Å². The Morgan fingerprint density at radius 1 is 0.868 bits per heavy atom. The highest BCUT2D eigenvalue weighted by molar-refractivity contribution is 5.59. The minimum Gasteiger partial charge on any atom is -0.353 e. The van der Waals surface area contributed by atoms with Crippen LogP contribution in [0.5, 0.6) is 0 Å². The van der Waals surface area contributed by atoms with E-state index in [1.54, 1.807) is 0 Å². The first kappa shape index (κ1) is 28.7. The molecule has 1 aromatic heterocycles. The number of nitriles is 1. The molecule has 0 bridgehead atoms. The van der Waals surface area contributed by atoms with Crippen LogP contribution in [0.4, 0.5) is 54.0 Å². The summed E-state index contributed by atoms with van der Waals surface area (Å²) < 4.78 is 151. The normalized spacial score (nSPS) is 12.9. The predicted octanol–water partition coefficient (Wildman–Crippen LogP) is 7.33. The number of hydrogen-bond donors (Lipinski definition) is 0. The molecule has 0 radical (unpaired) electrons. The van der Waals surface area contributed by atoms with Gasteiger partial charge in [-0.1, -0.05) is 5.16 Å². The van der Waals surface area contributed by atoms with E-state index in [1.165, 1.54) is 6.07 Å². The molecule has 38 heavy (non-hydrogen) atoms. The summed E-state index contributed by atoms with van der Waals surface area (Å²) in [6.07, 6.45) is -15.3. The van der Waals surface area contributed by atoms with Crippen molar-refractivity contribution < 1.29 is 52.8 Å². The lowest BCUT2D eigenvalue weighted by Gasteiger charge is -2.26. The second-order valence-electron chi connectivity index (χ2n) is 8.01. The average molecular weight is 558 g/mol. The van der Waals surface area contributed by atoms with Gasteiger partial charge in [0.15, 0.2) is 0 Å². The lowest BCUT2D eigenvalue weighted by atomic mass is 10.0. The fourth-order valence-corrected chi connectivity index (χ4v) is 3.33. The topological polar surface area (TPSA) is 66.0 Å². The molecule has 3 aromatic rings. The van der Waals surface area contributed by atoms with Gasteiger partial charge >= 0.3 is 18.5 Å². The van der Waals surface area contributed by atoms with Crippen molar-refractivity contribution >= 4 is 5.69 Å². The quantitative estimate of drug-likeness (QED) is 0.297. The van der Waals surface area contributed by atoms with Crippen molar-refractivity contribution in [3.05, 3.63) is 64.5 Å². The van der Waals surface area contributed by atoms with Crippen LogP contribution in [0.25, 0.3) is 11.4 Å². The summed E-state index contributed by atoms with van der Waals surface area (Å²) in [6.45, 7) is -2.24. The van der Waals surface area contributed by atoms with Gasteiger partial charge in [0.1, 0.15) is 6.54 Å². The van der Waals surface area contributed by atoms with E-state index in [-0.39, 0.29) is 6.07 Å². The summed E-state index contributed by atoms with van der Waals surface area (Å²) in [5.41, 5.74) is -5.97. The second-order valence-corrected chi connectivity index (χ2v) is 8.01. The molecule has 204 valence electrons. The zero-order chi connectivity index (χ0) is 28.7. The van der Waals surface area contributed by atoms with Gasteiger partial charge in [0, 0.05) is 23.7 Å². The van der Waals surface area contributed by atoms with Crippen molar-refractivity contribution in [2.45, 2.75) is 37.9 Å². The Hall–Kier alpha value is -3.90. The third kappa shape index (κ3) is 6.90. The monoisotopic (exact) mass is 558 g/mol. The molecule has 0 aliphatic carbocycles. The molecule has 0 saturated carbocycles. The molecule has 0 amide bonds. The van der Waals surface area contributed by atoms with Gasteiger partial charge in [-0.25, -0.2) is 8.78 Å². The molecular formula is C22H13F11N4O. The van der Waals surface area contributed by atoms with E-state index >= 15 is 0 Å². The molecular weight excluding hydrogens is 545 g/mol. The number of anilines is 1. The molecule has 0 unspecified atom stereocenters. The van der Waals surface area contributed by atoms with Crippen molar-refractivity contribution in [1.82, 2.24) is 10.1 Å². The maximum Gasteiger partial charge on any atom is 0.416 e. The highest BCUT2D eigenvalue weighted by atomic mass is 19.4. The lowest BCUT2D eigenvalue weighted by Crippen LogP contribution is -2.34. The van der Waals surface area contributed by atoms with Crippen molar-refractivity contribution in [2.24, 2.45) is 0 Å². The van der Waals surface area contributed by atoms with E-state index in [2.05, 4.69) is 10.1 Å². The van der Waals surface area contributed by atoms with Gasteiger partial charge in [0.05, 0.1) is 29.3 Å². The van der Waals surface area contributed by atoms with E-state index in [9.17, 15) is 48.3 Å². The van der Waals surface area contributed by atoms with Crippen LogP contribution in [-0.2, 0) is 24.8 Å². The van der Waals surface area contributed by atoms with Gasteiger partial charge in [0.2, 0.25) is 11.7 Å². The molecule has 1 heterocycles. The van der Waals surface area contributed by atoms with Crippen molar-refractivity contribution in [3.63, 3.8) is 0 Å². The molecule has 0 atom stereocenters. The Kier molecular flexibility index (Phi) is 7.37. The number of rotatable bonds is 6. The molecule has 0 spiro atoms. The van der Waals surface area contributed by atoms with Gasteiger partial charge in [-0.05, 0) is 36.4 Å². The maximum absolute atomic E-state index is 13.9. The Bertz CT molecular complexity index is 1310. The van der Waals surface area contributed by atoms with Crippen LogP contribution in [-0.4, -0.2) is 22.9 Å². The third-order valence-corrected chi connectivity index (χ3v) is 4.97. The highest BCUT2D eigenvalue weighted by Gasteiger charge is 2.38. The van der Waals surface area contributed by atoms with E-state index in [0.29, 0.717) is 30.0 Å². The Morgan fingerprint density at radius 2 is 1.45 bits per heavy atom. The first-order valence-electron chi connectivity index (χ1n) is 10.1. The predicted molar refractivity (Wildman–Crippen MR) is 108 cm³/mol. The smallest absolute Gasteiger partial charge is 0.353 e. The molecule has 0 aliphatic rings. The molecule has 5 nitrogen and oxygen atoms in total. The van der Waals surface area contributed by atoms with Crippen LogP contribution in [0.2, 0.25) is 0 Å². The van der Waals surface area contributed by atoms with Crippen LogP contribution >= 0.6 is 0 Å². The standard InChI is InChI=1S/C22H13F11N4O/c1-19(23,24)16-7-15(3-2-11(16)8-34)37(10-20(25,26)27)9-17-35-18(36-38-17)12-4-13(21(28,29)30)6-14(5-12)22(31,32)33/h2-7H,9-10H2,1H3. The van der Waals surface area contributed by atoms with Crippen LogP contribution in [0, 0.1) is 11.3 Å². The largest absolute Gasteiger partial charge is 0.416 e.